The lowest BCUT2D eigenvalue weighted by atomic mass is 10.0. The number of fused-ring (bicyclic) bond motifs is 1. The van der Waals surface area contributed by atoms with Gasteiger partial charge in [0.1, 0.15) is 11.6 Å². The molecule has 0 radical (unpaired) electrons. The number of benzene rings is 2. The van der Waals surface area contributed by atoms with Crippen molar-refractivity contribution >= 4 is 0 Å². The highest BCUT2D eigenvalue weighted by molar-refractivity contribution is 5.38. The summed E-state index contributed by atoms with van der Waals surface area (Å²) < 4.78 is 26.9. The third kappa shape index (κ3) is 2.84. The molecule has 0 heterocycles. The number of hydrogen-bond acceptors (Lipinski definition) is 1. The van der Waals surface area contributed by atoms with Gasteiger partial charge in [0.05, 0.1) is 0 Å². The topological polar surface area (TPSA) is 12.0 Å². The summed E-state index contributed by atoms with van der Waals surface area (Å²) in [6, 6.07) is 10.4. The van der Waals surface area contributed by atoms with Crippen molar-refractivity contribution in [3.8, 4) is 0 Å². The fourth-order valence-corrected chi connectivity index (χ4v) is 3.14. The average molecular weight is 287 g/mol. The highest BCUT2D eigenvalue weighted by Crippen LogP contribution is 2.34. The Morgan fingerprint density at radius 1 is 1.14 bits per heavy atom. The maximum atomic E-state index is 13.9. The van der Waals surface area contributed by atoms with Gasteiger partial charge in [-0.3, -0.25) is 0 Å². The smallest absolute Gasteiger partial charge is 0.130 e. The van der Waals surface area contributed by atoms with Crippen LogP contribution in [0.3, 0.4) is 0 Å². The number of halogens is 2. The van der Waals surface area contributed by atoms with Crippen LogP contribution in [0.4, 0.5) is 8.78 Å². The Morgan fingerprint density at radius 2 is 1.95 bits per heavy atom. The quantitative estimate of drug-likeness (QED) is 0.869. The molecule has 0 spiro atoms. The first kappa shape index (κ1) is 14.2. The summed E-state index contributed by atoms with van der Waals surface area (Å²) in [6.07, 6.45) is 2.07. The molecule has 2 aromatic carbocycles. The third-order valence-electron chi connectivity index (χ3n) is 4.26. The largest absolute Gasteiger partial charge is 0.303 e. The van der Waals surface area contributed by atoms with E-state index in [-0.39, 0.29) is 12.1 Å². The second-order valence-electron chi connectivity index (χ2n) is 5.85. The van der Waals surface area contributed by atoms with Crippen molar-refractivity contribution in [3.05, 3.63) is 70.3 Å². The number of rotatable bonds is 3. The predicted octanol–water partition coefficient (Wildman–Crippen LogP) is 4.61. The van der Waals surface area contributed by atoms with Gasteiger partial charge in [0, 0.05) is 23.7 Å². The van der Waals surface area contributed by atoms with E-state index in [0.717, 1.165) is 18.9 Å². The lowest BCUT2D eigenvalue weighted by molar-refractivity contribution is 0.448. The summed E-state index contributed by atoms with van der Waals surface area (Å²) in [4.78, 5) is 0. The summed E-state index contributed by atoms with van der Waals surface area (Å²) in [5, 5.41) is 3.48. The molecule has 21 heavy (non-hydrogen) atoms. The second-order valence-corrected chi connectivity index (χ2v) is 5.85. The first-order chi connectivity index (χ1) is 10.0. The van der Waals surface area contributed by atoms with Gasteiger partial charge in [0.15, 0.2) is 0 Å². The molecule has 1 aliphatic rings. The van der Waals surface area contributed by atoms with Crippen molar-refractivity contribution in [2.75, 3.05) is 0 Å². The minimum atomic E-state index is -0.537. The van der Waals surface area contributed by atoms with Crippen molar-refractivity contribution in [3.63, 3.8) is 0 Å². The Morgan fingerprint density at radius 3 is 2.71 bits per heavy atom. The van der Waals surface area contributed by atoms with E-state index in [1.165, 1.54) is 28.8 Å². The molecule has 0 saturated carbocycles. The van der Waals surface area contributed by atoms with Crippen LogP contribution in [0.1, 0.15) is 47.7 Å². The van der Waals surface area contributed by atoms with Crippen molar-refractivity contribution < 1.29 is 8.78 Å². The highest BCUT2D eigenvalue weighted by atomic mass is 19.1. The van der Waals surface area contributed by atoms with Gasteiger partial charge in [-0.05, 0) is 43.9 Å². The third-order valence-corrected chi connectivity index (χ3v) is 4.26. The molecule has 110 valence electrons. The lowest BCUT2D eigenvalue weighted by Crippen LogP contribution is -2.23. The standard InChI is InChI=1S/C18H19F2N/c1-11-3-4-13-5-8-18(16(13)9-11)21-12(2)15-7-6-14(19)10-17(15)20/h3-4,6-7,9-10,12,18,21H,5,8H2,1-2H3. The molecule has 3 heteroatoms. The van der Waals surface area contributed by atoms with Crippen LogP contribution in [-0.4, -0.2) is 0 Å². The second kappa shape index (κ2) is 5.57. The maximum Gasteiger partial charge on any atom is 0.130 e. The van der Waals surface area contributed by atoms with Crippen LogP contribution in [-0.2, 0) is 6.42 Å². The van der Waals surface area contributed by atoms with Crippen molar-refractivity contribution in [1.29, 1.82) is 0 Å². The molecule has 2 atom stereocenters. The molecule has 1 aliphatic carbocycles. The fourth-order valence-electron chi connectivity index (χ4n) is 3.14. The normalized spacial score (nSPS) is 18.6. The van der Waals surface area contributed by atoms with Gasteiger partial charge in [0.25, 0.3) is 0 Å². The van der Waals surface area contributed by atoms with Gasteiger partial charge in [-0.1, -0.05) is 29.8 Å². The maximum absolute atomic E-state index is 13.9. The van der Waals surface area contributed by atoms with E-state index in [2.05, 4.69) is 30.4 Å². The molecular formula is C18H19F2N. The molecule has 1 nitrogen and oxygen atoms in total. The van der Waals surface area contributed by atoms with Crippen molar-refractivity contribution in [2.45, 2.75) is 38.8 Å². The number of hydrogen-bond donors (Lipinski definition) is 1. The molecule has 3 rings (SSSR count). The Labute approximate surface area is 124 Å². The molecule has 1 N–H and O–H groups in total. The summed E-state index contributed by atoms with van der Waals surface area (Å²) in [5.74, 6) is -1.03. The zero-order valence-electron chi connectivity index (χ0n) is 12.3. The molecule has 0 aromatic heterocycles. The summed E-state index contributed by atoms with van der Waals surface area (Å²) in [5.41, 5.74) is 4.43. The van der Waals surface area contributed by atoms with E-state index in [0.29, 0.717) is 5.56 Å². The first-order valence-electron chi connectivity index (χ1n) is 7.35. The average Bonchev–Trinajstić information content (AvgIpc) is 2.81. The van der Waals surface area contributed by atoms with E-state index >= 15 is 0 Å². The van der Waals surface area contributed by atoms with Gasteiger partial charge in [-0.25, -0.2) is 8.78 Å². The fraction of sp³-hybridized carbons (Fsp3) is 0.333. The molecule has 0 saturated heterocycles. The summed E-state index contributed by atoms with van der Waals surface area (Å²) >= 11 is 0. The van der Waals surface area contributed by atoms with Crippen molar-refractivity contribution in [1.82, 2.24) is 5.32 Å². The van der Waals surface area contributed by atoms with Crippen LogP contribution in [0.5, 0.6) is 0 Å². The van der Waals surface area contributed by atoms with E-state index in [4.69, 9.17) is 0 Å². The number of nitrogens with one attached hydrogen (secondary N) is 1. The minimum Gasteiger partial charge on any atom is -0.303 e. The van der Waals surface area contributed by atoms with Crippen LogP contribution in [0.15, 0.2) is 36.4 Å². The van der Waals surface area contributed by atoms with Crippen molar-refractivity contribution in [2.24, 2.45) is 0 Å². The molecule has 0 fully saturated rings. The SMILES string of the molecule is Cc1ccc2c(c1)C(NC(C)c1ccc(F)cc1F)CC2. The summed E-state index contributed by atoms with van der Waals surface area (Å²) in [7, 11) is 0. The number of aryl methyl sites for hydroxylation is 2. The van der Waals surface area contributed by atoms with Crippen LogP contribution in [0.2, 0.25) is 0 Å². The molecule has 0 bridgehead atoms. The van der Waals surface area contributed by atoms with Gasteiger partial charge in [-0.15, -0.1) is 0 Å². The Bertz CT molecular complexity index is 666. The summed E-state index contributed by atoms with van der Waals surface area (Å²) in [6.45, 7) is 4.00. The van der Waals surface area contributed by atoms with Gasteiger partial charge in [-0.2, -0.15) is 0 Å². The first-order valence-corrected chi connectivity index (χ1v) is 7.35. The van der Waals surface area contributed by atoms with Gasteiger partial charge >= 0.3 is 0 Å². The molecule has 2 unspecified atom stereocenters. The van der Waals surface area contributed by atoms with E-state index in [9.17, 15) is 8.78 Å². The Hall–Kier alpha value is -1.74. The predicted molar refractivity (Wildman–Crippen MR) is 80.1 cm³/mol. The molecule has 0 amide bonds. The highest BCUT2D eigenvalue weighted by Gasteiger charge is 2.24. The molecular weight excluding hydrogens is 268 g/mol. The van der Waals surface area contributed by atoms with Crippen LogP contribution in [0.25, 0.3) is 0 Å². The van der Waals surface area contributed by atoms with Gasteiger partial charge in [0.2, 0.25) is 0 Å². The lowest BCUT2D eigenvalue weighted by Gasteiger charge is -2.21. The Kier molecular flexibility index (Phi) is 3.77. The van der Waals surface area contributed by atoms with E-state index < -0.39 is 11.6 Å². The van der Waals surface area contributed by atoms with Crippen LogP contribution < -0.4 is 5.32 Å². The monoisotopic (exact) mass is 287 g/mol. The molecule has 2 aromatic rings. The molecule has 0 aliphatic heterocycles. The zero-order valence-corrected chi connectivity index (χ0v) is 12.3. The minimum absolute atomic E-state index is 0.151. The van der Waals surface area contributed by atoms with Crippen LogP contribution >= 0.6 is 0 Å². The van der Waals surface area contributed by atoms with Crippen LogP contribution in [0, 0.1) is 18.6 Å². The zero-order chi connectivity index (χ0) is 15.0. The van der Waals surface area contributed by atoms with Gasteiger partial charge < -0.3 is 5.32 Å². The van der Waals surface area contributed by atoms with E-state index in [1.54, 1.807) is 0 Å². The van der Waals surface area contributed by atoms with E-state index in [1.807, 2.05) is 6.92 Å². The Balaban J connectivity index is 1.80.